The van der Waals surface area contributed by atoms with E-state index in [1.165, 1.54) is 10.2 Å². The first-order valence-electron chi connectivity index (χ1n) is 10.3. The molecule has 1 fully saturated rings. The maximum Gasteiger partial charge on any atom is 0.346 e. The van der Waals surface area contributed by atoms with Gasteiger partial charge in [0.05, 0.1) is 11.4 Å². The molecule has 2 aromatic heterocycles. The molecule has 30 heavy (non-hydrogen) atoms. The highest BCUT2D eigenvalue weighted by Crippen LogP contribution is 2.37. The van der Waals surface area contributed by atoms with E-state index < -0.39 is 0 Å². The monoisotopic (exact) mass is 426 g/mol. The van der Waals surface area contributed by atoms with E-state index in [4.69, 9.17) is 4.74 Å². The molecule has 8 heteroatoms. The minimum absolute atomic E-state index is 0.0626. The van der Waals surface area contributed by atoms with E-state index in [0.717, 1.165) is 23.5 Å². The van der Waals surface area contributed by atoms with Gasteiger partial charge in [-0.1, -0.05) is 32.0 Å². The minimum Gasteiger partial charge on any atom is -0.484 e. The molecule has 4 rings (SSSR count). The first-order chi connectivity index (χ1) is 14.5. The zero-order valence-electron chi connectivity index (χ0n) is 17.2. The Hall–Kier alpha value is -2.87. The van der Waals surface area contributed by atoms with Crippen molar-refractivity contribution < 1.29 is 9.53 Å². The summed E-state index contributed by atoms with van der Waals surface area (Å²) < 4.78 is 8.77. The predicted molar refractivity (Wildman–Crippen MR) is 117 cm³/mol. The van der Waals surface area contributed by atoms with E-state index in [2.05, 4.69) is 24.3 Å². The molecule has 2 heterocycles. The number of thiophene rings is 1. The first-order valence-corrected chi connectivity index (χ1v) is 11.1. The zero-order valence-corrected chi connectivity index (χ0v) is 18.0. The number of carbonyl (C=O) groups is 1. The fourth-order valence-corrected chi connectivity index (χ4v) is 3.96. The number of carbonyl (C=O) groups excluding carboxylic acids is 1. The lowest BCUT2D eigenvalue weighted by Gasteiger charge is -2.09. The van der Waals surface area contributed by atoms with Gasteiger partial charge >= 0.3 is 5.69 Å². The molecule has 1 amide bonds. The SMILES string of the molecule is CC(C)c1ccc(OCC(=O)NCCn2nc(-c3cccs3)n(C3CC3)c2=O)cc1. The average Bonchev–Trinajstić information content (AvgIpc) is 3.31. The van der Waals surface area contributed by atoms with Crippen molar-refractivity contribution in [2.45, 2.75) is 45.2 Å². The number of rotatable bonds is 9. The smallest absolute Gasteiger partial charge is 0.346 e. The van der Waals surface area contributed by atoms with Gasteiger partial charge in [0.25, 0.3) is 5.91 Å². The van der Waals surface area contributed by atoms with Gasteiger partial charge in [-0.2, -0.15) is 0 Å². The molecule has 1 aliphatic carbocycles. The third kappa shape index (κ3) is 4.64. The van der Waals surface area contributed by atoms with Crippen LogP contribution in [0.1, 0.15) is 44.2 Å². The van der Waals surface area contributed by atoms with E-state index in [0.29, 0.717) is 24.8 Å². The molecule has 0 atom stereocenters. The maximum absolute atomic E-state index is 12.8. The number of benzene rings is 1. The van der Waals surface area contributed by atoms with E-state index in [-0.39, 0.29) is 24.2 Å². The van der Waals surface area contributed by atoms with Crippen molar-refractivity contribution in [3.05, 3.63) is 57.8 Å². The highest BCUT2D eigenvalue weighted by atomic mass is 32.1. The average molecular weight is 427 g/mol. The summed E-state index contributed by atoms with van der Waals surface area (Å²) >= 11 is 1.57. The normalized spacial score (nSPS) is 13.6. The van der Waals surface area contributed by atoms with E-state index in [1.807, 2.05) is 41.8 Å². The van der Waals surface area contributed by atoms with Crippen LogP contribution in [0.15, 0.2) is 46.6 Å². The molecule has 0 radical (unpaired) electrons. The molecule has 3 aromatic rings. The molecule has 158 valence electrons. The van der Waals surface area contributed by atoms with Crippen LogP contribution >= 0.6 is 11.3 Å². The third-order valence-corrected chi connectivity index (χ3v) is 5.95. The van der Waals surface area contributed by atoms with Gasteiger partial charge in [-0.3, -0.25) is 9.36 Å². The van der Waals surface area contributed by atoms with Crippen LogP contribution in [0.5, 0.6) is 5.75 Å². The van der Waals surface area contributed by atoms with Crippen LogP contribution in [0.2, 0.25) is 0 Å². The number of nitrogens with one attached hydrogen (secondary N) is 1. The largest absolute Gasteiger partial charge is 0.484 e. The molecule has 1 N–H and O–H groups in total. The van der Waals surface area contributed by atoms with Crippen molar-refractivity contribution in [2.24, 2.45) is 0 Å². The Morgan fingerprint density at radius 2 is 2.03 bits per heavy atom. The van der Waals surface area contributed by atoms with Gasteiger partial charge in [-0.15, -0.1) is 16.4 Å². The number of amides is 1. The fraction of sp³-hybridized carbons (Fsp3) is 0.409. The summed E-state index contributed by atoms with van der Waals surface area (Å²) in [6.45, 7) is 4.84. The number of hydrogen-bond acceptors (Lipinski definition) is 5. The quantitative estimate of drug-likeness (QED) is 0.569. The lowest BCUT2D eigenvalue weighted by atomic mass is 10.0. The van der Waals surface area contributed by atoms with Gasteiger partial charge in [-0.05, 0) is 47.9 Å². The van der Waals surface area contributed by atoms with Crippen LogP contribution in [0.4, 0.5) is 0 Å². The van der Waals surface area contributed by atoms with Crippen molar-refractivity contribution in [1.29, 1.82) is 0 Å². The molecule has 0 unspecified atom stereocenters. The van der Waals surface area contributed by atoms with Gasteiger partial charge in [0.15, 0.2) is 12.4 Å². The molecule has 0 bridgehead atoms. The van der Waals surface area contributed by atoms with E-state index in [9.17, 15) is 9.59 Å². The van der Waals surface area contributed by atoms with Crippen molar-refractivity contribution in [2.75, 3.05) is 13.2 Å². The highest BCUT2D eigenvalue weighted by Gasteiger charge is 2.30. The first kappa shape index (κ1) is 20.4. The van der Waals surface area contributed by atoms with Crippen molar-refractivity contribution >= 4 is 17.2 Å². The van der Waals surface area contributed by atoms with Gasteiger partial charge in [0, 0.05) is 12.6 Å². The van der Waals surface area contributed by atoms with Crippen molar-refractivity contribution in [1.82, 2.24) is 19.7 Å². The Morgan fingerprint density at radius 1 is 1.27 bits per heavy atom. The third-order valence-electron chi connectivity index (χ3n) is 5.09. The lowest BCUT2D eigenvalue weighted by Crippen LogP contribution is -2.34. The summed E-state index contributed by atoms with van der Waals surface area (Å²) in [6, 6.07) is 11.9. The topological polar surface area (TPSA) is 78.2 Å². The summed E-state index contributed by atoms with van der Waals surface area (Å²) in [6.07, 6.45) is 2.02. The Labute approximate surface area is 179 Å². The van der Waals surface area contributed by atoms with Crippen LogP contribution in [0.25, 0.3) is 10.7 Å². The minimum atomic E-state index is -0.226. The highest BCUT2D eigenvalue weighted by molar-refractivity contribution is 7.13. The molecule has 0 saturated heterocycles. The Kier molecular flexibility index (Phi) is 6.03. The molecule has 7 nitrogen and oxygen atoms in total. The molecule has 1 saturated carbocycles. The molecule has 0 aliphatic heterocycles. The molecular weight excluding hydrogens is 400 g/mol. The van der Waals surface area contributed by atoms with Gasteiger partial charge in [0.1, 0.15) is 5.75 Å². The standard InChI is InChI=1S/C22H26N4O3S/c1-15(2)16-5-9-18(10-6-16)29-14-20(27)23-11-12-25-22(28)26(17-7-8-17)21(24-25)19-4-3-13-30-19/h3-6,9-10,13,15,17H,7-8,11-12,14H2,1-2H3,(H,23,27). The van der Waals surface area contributed by atoms with Crippen LogP contribution in [-0.2, 0) is 11.3 Å². The van der Waals surface area contributed by atoms with Crippen molar-refractivity contribution in [3.8, 4) is 16.5 Å². The summed E-state index contributed by atoms with van der Waals surface area (Å²) in [7, 11) is 0. The van der Waals surface area contributed by atoms with E-state index in [1.54, 1.807) is 15.9 Å². The molecule has 1 aliphatic rings. The van der Waals surface area contributed by atoms with Crippen LogP contribution in [0, 0.1) is 0 Å². The number of ether oxygens (including phenoxy) is 1. The summed E-state index contributed by atoms with van der Waals surface area (Å²) in [5, 5.41) is 9.30. The second kappa shape index (κ2) is 8.87. The predicted octanol–water partition coefficient (Wildman–Crippen LogP) is 3.43. The Balaban J connectivity index is 1.30. The molecular formula is C22H26N4O3S. The Morgan fingerprint density at radius 3 is 2.67 bits per heavy atom. The van der Waals surface area contributed by atoms with E-state index >= 15 is 0 Å². The zero-order chi connectivity index (χ0) is 21.1. The van der Waals surface area contributed by atoms with Crippen molar-refractivity contribution in [3.63, 3.8) is 0 Å². The second-order valence-corrected chi connectivity index (χ2v) is 8.72. The van der Waals surface area contributed by atoms with Gasteiger partial charge in [0.2, 0.25) is 0 Å². The summed E-state index contributed by atoms with van der Waals surface area (Å²) in [4.78, 5) is 25.8. The van der Waals surface area contributed by atoms with Crippen LogP contribution in [0.3, 0.4) is 0 Å². The van der Waals surface area contributed by atoms with Gasteiger partial charge in [-0.25, -0.2) is 9.48 Å². The fourth-order valence-electron chi connectivity index (χ4n) is 3.25. The summed E-state index contributed by atoms with van der Waals surface area (Å²) in [5.74, 6) is 1.61. The van der Waals surface area contributed by atoms with Crippen LogP contribution in [-0.4, -0.2) is 33.4 Å². The summed E-state index contributed by atoms with van der Waals surface area (Å²) in [5.41, 5.74) is 1.11. The number of hydrogen-bond donors (Lipinski definition) is 1. The number of nitrogens with zero attached hydrogens (tertiary/aromatic N) is 3. The number of aromatic nitrogens is 3. The van der Waals surface area contributed by atoms with Crippen LogP contribution < -0.4 is 15.7 Å². The maximum atomic E-state index is 12.8. The molecule has 1 aromatic carbocycles. The second-order valence-electron chi connectivity index (χ2n) is 7.77. The Bertz CT molecular complexity index is 1050. The van der Waals surface area contributed by atoms with Gasteiger partial charge < -0.3 is 10.1 Å². The lowest BCUT2D eigenvalue weighted by molar-refractivity contribution is -0.123. The molecule has 0 spiro atoms.